The van der Waals surface area contributed by atoms with Crippen molar-refractivity contribution in [3.63, 3.8) is 0 Å². The van der Waals surface area contributed by atoms with Crippen molar-refractivity contribution in [2.24, 2.45) is 0 Å². The molecule has 1 radical (unpaired) electrons. The molecule has 10 rings (SSSR count). The number of pyridine rings is 1. The van der Waals surface area contributed by atoms with Gasteiger partial charge in [0.25, 0.3) is 0 Å². The third kappa shape index (κ3) is 6.45. The van der Waals surface area contributed by atoms with E-state index in [0.29, 0.717) is 5.56 Å². The summed E-state index contributed by atoms with van der Waals surface area (Å²) in [6, 6.07) is 51.2. The fourth-order valence-electron chi connectivity index (χ4n) is 6.75. The van der Waals surface area contributed by atoms with Crippen molar-refractivity contribution in [2.75, 3.05) is 0 Å². The Balaban J connectivity index is 0.000000181. The number of thiophene rings is 1. The van der Waals surface area contributed by atoms with Gasteiger partial charge in [-0.15, -0.1) is 64.9 Å². The summed E-state index contributed by atoms with van der Waals surface area (Å²) in [7, 11) is -1.34. The Kier molecular flexibility index (Phi) is 8.28. The van der Waals surface area contributed by atoms with E-state index in [-0.39, 0.29) is 20.1 Å². The first-order valence-electron chi connectivity index (χ1n) is 18.7. The van der Waals surface area contributed by atoms with E-state index in [1.165, 1.54) is 31.4 Å². The molecule has 10 aromatic rings. The maximum atomic E-state index is 7.35. The number of fused-ring (bicyclic) bond motifs is 7. The van der Waals surface area contributed by atoms with Crippen LogP contribution in [0, 0.1) is 19.0 Å². The summed E-state index contributed by atoms with van der Waals surface area (Å²) in [4.78, 5) is 9.55. The molecule has 0 aliphatic heterocycles. The van der Waals surface area contributed by atoms with Gasteiger partial charge < -0.3 is 14.0 Å². The molecule has 4 heterocycles. The molecule has 7 heteroatoms. The Labute approximate surface area is 331 Å². The zero-order valence-electron chi connectivity index (χ0n) is 32.3. The average Bonchev–Trinajstić information content (AvgIpc) is 3.89. The Morgan fingerprint density at radius 2 is 1.55 bits per heavy atom. The van der Waals surface area contributed by atoms with Crippen LogP contribution in [0.5, 0.6) is 0 Å². The molecule has 0 spiro atoms. The second-order valence-electron chi connectivity index (χ2n) is 13.9. The number of benzene rings is 6. The van der Waals surface area contributed by atoms with Gasteiger partial charge in [-0.05, 0) is 53.3 Å². The van der Waals surface area contributed by atoms with Crippen LogP contribution < -0.4 is 5.19 Å². The van der Waals surface area contributed by atoms with Gasteiger partial charge in [-0.3, -0.25) is 4.98 Å². The van der Waals surface area contributed by atoms with E-state index < -0.39 is 14.9 Å². The number of aryl methyl sites for hydroxylation is 1. The predicted molar refractivity (Wildman–Crippen MR) is 222 cm³/mol. The van der Waals surface area contributed by atoms with E-state index in [1.54, 1.807) is 12.1 Å². The number of para-hydroxylation sites is 3. The van der Waals surface area contributed by atoms with E-state index in [0.717, 1.165) is 61.3 Å². The van der Waals surface area contributed by atoms with E-state index in [4.69, 9.17) is 13.5 Å². The number of furan rings is 1. The van der Waals surface area contributed by atoms with Crippen LogP contribution in [-0.2, 0) is 20.1 Å². The molecule has 0 unspecified atom stereocenters. The molecule has 4 nitrogen and oxygen atoms in total. The molecule has 261 valence electrons. The molecule has 0 aliphatic rings. The molecule has 0 amide bonds. The minimum atomic E-state index is -2.08. The largest absolute Gasteiger partial charge is 0.501 e. The normalized spacial score (nSPS) is 12.7. The summed E-state index contributed by atoms with van der Waals surface area (Å²) < 4.78 is 33.2. The monoisotopic (exact) mass is 901 g/mol. The van der Waals surface area contributed by atoms with Gasteiger partial charge in [0, 0.05) is 61.7 Å². The van der Waals surface area contributed by atoms with Crippen LogP contribution in [0.1, 0.15) is 9.68 Å². The van der Waals surface area contributed by atoms with Crippen LogP contribution in [0.3, 0.4) is 0 Å². The zero-order valence-corrected chi connectivity index (χ0v) is 33.5. The Morgan fingerprint density at radius 1 is 0.755 bits per heavy atom. The Bertz CT molecular complexity index is 2960. The molecule has 0 bridgehead atoms. The minimum Gasteiger partial charge on any atom is -0.501 e. The summed E-state index contributed by atoms with van der Waals surface area (Å²) in [6.07, 6.45) is 1.92. The smallest absolute Gasteiger partial charge is 0.120 e. The summed E-state index contributed by atoms with van der Waals surface area (Å²) in [5.74, 6) is 0.828. The average molecular weight is 901 g/mol. The van der Waals surface area contributed by atoms with E-state index >= 15 is 0 Å². The second-order valence-corrected chi connectivity index (χ2v) is 20.1. The van der Waals surface area contributed by atoms with Crippen molar-refractivity contribution in [3.8, 4) is 28.3 Å². The number of hydrogen-bond acceptors (Lipinski definition) is 4. The standard InChI is InChI=1S/C31H17N2OS.C15H18NSi.Ir/c1-5-14-27-20(8-1)22-10-7-11-23(30(22)34-27)31-32-25-12-3-4-13-26(25)33(31)19-16-17-29-24(18-19)21-9-2-6-15-28(21)35-29;1-12-5-7-13(8-6-12)15-10-9-14(11-16-15)17(2,3)4;/h1-10,12-18H;5-7,9-11H,1-4H3;/q2*-1;/i;1D3;. The van der Waals surface area contributed by atoms with Crippen molar-refractivity contribution in [1.82, 2.24) is 14.5 Å². The van der Waals surface area contributed by atoms with Gasteiger partial charge >= 0.3 is 0 Å². The Morgan fingerprint density at radius 3 is 2.34 bits per heavy atom. The van der Waals surface area contributed by atoms with E-state index in [2.05, 4.69) is 120 Å². The summed E-state index contributed by atoms with van der Waals surface area (Å²) in [5.41, 5.74) is 7.58. The second kappa shape index (κ2) is 14.0. The number of hydrogen-bond donors (Lipinski definition) is 0. The molecular formula is C46H35IrN3OSSi-2. The van der Waals surface area contributed by atoms with Gasteiger partial charge in [0.05, 0.1) is 30.5 Å². The molecule has 0 saturated heterocycles. The van der Waals surface area contributed by atoms with Gasteiger partial charge in [-0.1, -0.05) is 98.1 Å². The predicted octanol–water partition coefficient (Wildman–Crippen LogP) is 12.2. The van der Waals surface area contributed by atoms with Gasteiger partial charge in [0.2, 0.25) is 0 Å². The summed E-state index contributed by atoms with van der Waals surface area (Å²) in [5, 5.41) is 6.03. The zero-order chi connectivity index (χ0) is 37.9. The molecule has 53 heavy (non-hydrogen) atoms. The fraction of sp³-hybridized carbons (Fsp3) is 0.0870. The van der Waals surface area contributed by atoms with Gasteiger partial charge in [0.15, 0.2) is 0 Å². The molecular weight excluding hydrogens is 863 g/mol. The number of imidazole rings is 1. The summed E-state index contributed by atoms with van der Waals surface area (Å²) in [6.45, 7) is 4.76. The van der Waals surface area contributed by atoms with Crippen molar-refractivity contribution in [1.29, 1.82) is 0 Å². The van der Waals surface area contributed by atoms with Gasteiger partial charge in [-0.25, -0.2) is 0 Å². The molecule has 0 N–H and O–H groups in total. The first-order valence-corrected chi connectivity index (χ1v) is 21.6. The van der Waals surface area contributed by atoms with E-state index in [9.17, 15) is 0 Å². The van der Waals surface area contributed by atoms with Gasteiger partial charge in [0.1, 0.15) is 5.58 Å². The van der Waals surface area contributed by atoms with Crippen LogP contribution in [0.2, 0.25) is 19.6 Å². The first kappa shape index (κ1) is 31.4. The number of rotatable bonds is 4. The van der Waals surface area contributed by atoms with Crippen molar-refractivity contribution in [2.45, 2.75) is 26.5 Å². The quantitative estimate of drug-likeness (QED) is 0.131. The van der Waals surface area contributed by atoms with Crippen LogP contribution in [0.4, 0.5) is 0 Å². The number of nitrogens with zero attached hydrogens (tertiary/aromatic N) is 3. The SMILES string of the molecule is [2H]C([2H])([2H])c1c[c-]c(-c2ccc([Si](C)(C)C)cn2)cc1.[Ir].[c-]1ccc2c(oc3ccccc32)c1-c1nc2ccccc2n1-c1ccc2sc3ccccc3c2c1. The van der Waals surface area contributed by atoms with E-state index in [1.807, 2.05) is 53.9 Å². The molecule has 6 aromatic carbocycles. The maximum Gasteiger partial charge on any atom is 0.120 e. The van der Waals surface area contributed by atoms with Gasteiger partial charge in [-0.2, -0.15) is 0 Å². The molecule has 0 saturated carbocycles. The van der Waals surface area contributed by atoms with Crippen molar-refractivity contribution in [3.05, 3.63) is 157 Å². The topological polar surface area (TPSA) is 43.9 Å². The fourth-order valence-corrected chi connectivity index (χ4v) is 8.87. The maximum absolute atomic E-state index is 7.35. The molecule has 0 atom stereocenters. The van der Waals surface area contributed by atoms with Crippen molar-refractivity contribution < 1.29 is 28.6 Å². The minimum absolute atomic E-state index is 0. The molecule has 4 aromatic heterocycles. The Hall–Kier alpha value is -5.17. The third-order valence-corrected chi connectivity index (χ3v) is 12.6. The van der Waals surface area contributed by atoms with Crippen molar-refractivity contribution >= 4 is 77.7 Å². The third-order valence-electron chi connectivity index (χ3n) is 9.46. The molecule has 0 fully saturated rings. The summed E-state index contributed by atoms with van der Waals surface area (Å²) >= 11 is 1.83. The molecule has 0 aliphatic carbocycles. The first-order chi connectivity index (χ1) is 26.5. The van der Waals surface area contributed by atoms with Crippen LogP contribution in [0.15, 0.2) is 144 Å². The van der Waals surface area contributed by atoms with Crippen LogP contribution in [-0.4, -0.2) is 22.6 Å². The van der Waals surface area contributed by atoms with Crippen LogP contribution in [0.25, 0.3) is 81.5 Å². The number of aromatic nitrogens is 3. The van der Waals surface area contributed by atoms with Crippen LogP contribution >= 0.6 is 11.3 Å².